The number of benzene rings is 1. The smallest absolute Gasteiger partial charge is 0.131 e. The normalized spacial score (nSPS) is 13.7. The van der Waals surface area contributed by atoms with Crippen molar-refractivity contribution in [2.75, 3.05) is 45.9 Å². The summed E-state index contributed by atoms with van der Waals surface area (Å²) in [5, 5.41) is 3.36. The van der Waals surface area contributed by atoms with Crippen LogP contribution in [0.3, 0.4) is 0 Å². The first-order chi connectivity index (χ1) is 14.3. The Hall–Kier alpha value is -1.59. The number of aliphatic imine (C=N–C) groups is 1. The van der Waals surface area contributed by atoms with E-state index in [4.69, 9.17) is 15.5 Å². The molecule has 0 bridgehead atoms. The van der Waals surface area contributed by atoms with Crippen molar-refractivity contribution in [1.29, 1.82) is 0 Å². The number of nitrogens with zero attached hydrogens (tertiary/aromatic N) is 2. The predicted octanol–water partition coefficient (Wildman–Crippen LogP) is 4.21. The van der Waals surface area contributed by atoms with Crippen LogP contribution in [0.2, 0.25) is 0 Å². The van der Waals surface area contributed by atoms with Gasteiger partial charge in [-0.1, -0.05) is 45.4 Å². The minimum Gasteiger partial charge on any atom is -0.494 e. The predicted molar refractivity (Wildman–Crippen MR) is 124 cm³/mol. The molecule has 0 aliphatic carbocycles. The van der Waals surface area contributed by atoms with Gasteiger partial charge < -0.3 is 20.7 Å². The average Bonchev–Trinajstić information content (AvgIpc) is 3.21. The van der Waals surface area contributed by atoms with Gasteiger partial charge in [0.25, 0.3) is 0 Å². The second-order valence-electron chi connectivity index (χ2n) is 7.93. The van der Waals surface area contributed by atoms with Gasteiger partial charge in [0.05, 0.1) is 13.2 Å². The quantitative estimate of drug-likeness (QED) is 0.383. The number of nitrogens with one attached hydrogen (secondary N) is 1. The molecule has 1 aliphatic rings. The summed E-state index contributed by atoms with van der Waals surface area (Å²) in [6, 6.07) is 8.50. The van der Waals surface area contributed by atoms with Crippen molar-refractivity contribution in [3.8, 4) is 5.75 Å². The van der Waals surface area contributed by atoms with Gasteiger partial charge in [0.2, 0.25) is 0 Å². The Morgan fingerprint density at radius 1 is 0.966 bits per heavy atom. The second kappa shape index (κ2) is 15.3. The topological polar surface area (TPSA) is 62.9 Å². The van der Waals surface area contributed by atoms with Crippen molar-refractivity contribution < 1.29 is 4.74 Å². The first kappa shape index (κ1) is 23.7. The van der Waals surface area contributed by atoms with Crippen LogP contribution >= 0.6 is 0 Å². The number of hydrogen-bond acceptors (Lipinski definition) is 5. The molecule has 5 heteroatoms. The summed E-state index contributed by atoms with van der Waals surface area (Å²) in [7, 11) is 0. The molecule has 5 nitrogen and oxygen atoms in total. The van der Waals surface area contributed by atoms with Crippen LogP contribution < -0.4 is 15.8 Å². The Morgan fingerprint density at radius 2 is 1.72 bits per heavy atom. The number of ether oxygens (including phenoxy) is 1. The summed E-state index contributed by atoms with van der Waals surface area (Å²) >= 11 is 0. The Kier molecular flexibility index (Phi) is 12.5. The van der Waals surface area contributed by atoms with Crippen molar-refractivity contribution in [2.45, 2.75) is 64.7 Å². The molecular weight excluding hydrogens is 360 g/mol. The van der Waals surface area contributed by atoms with E-state index in [1.165, 1.54) is 56.9 Å². The van der Waals surface area contributed by atoms with E-state index in [1.54, 1.807) is 0 Å². The van der Waals surface area contributed by atoms with Gasteiger partial charge in [-0.25, -0.2) is 0 Å². The van der Waals surface area contributed by atoms with Crippen molar-refractivity contribution in [3.05, 3.63) is 29.8 Å². The maximum Gasteiger partial charge on any atom is 0.131 e. The third-order valence-corrected chi connectivity index (χ3v) is 5.41. The van der Waals surface area contributed by atoms with E-state index in [-0.39, 0.29) is 0 Å². The van der Waals surface area contributed by atoms with Crippen LogP contribution in [-0.4, -0.2) is 56.6 Å². The van der Waals surface area contributed by atoms with Crippen molar-refractivity contribution >= 4 is 5.84 Å². The Bertz CT molecular complexity index is 559. The highest BCUT2D eigenvalue weighted by Gasteiger charge is 2.17. The molecule has 1 aromatic rings. The molecule has 0 saturated carbocycles. The SMILES string of the molecule is CCCCCCCCOc1ccc(C2=NCCN2CCCCCNCCN)cc1. The summed E-state index contributed by atoms with van der Waals surface area (Å²) in [5.41, 5.74) is 6.70. The zero-order chi connectivity index (χ0) is 20.6. The molecule has 0 spiro atoms. The zero-order valence-electron chi connectivity index (χ0n) is 18.5. The van der Waals surface area contributed by atoms with Crippen molar-refractivity contribution in [1.82, 2.24) is 10.2 Å². The lowest BCUT2D eigenvalue weighted by atomic mass is 10.1. The van der Waals surface area contributed by atoms with Crippen LogP contribution in [-0.2, 0) is 0 Å². The van der Waals surface area contributed by atoms with Crippen LogP contribution in [0.15, 0.2) is 29.3 Å². The van der Waals surface area contributed by atoms with E-state index in [1.807, 2.05) is 0 Å². The molecule has 0 aromatic heterocycles. The highest BCUT2D eigenvalue weighted by molar-refractivity contribution is 5.99. The summed E-state index contributed by atoms with van der Waals surface area (Å²) in [6.07, 6.45) is 11.4. The monoisotopic (exact) mass is 402 g/mol. The third kappa shape index (κ3) is 9.64. The van der Waals surface area contributed by atoms with Gasteiger partial charge in [0.15, 0.2) is 0 Å². The molecule has 164 valence electrons. The molecule has 1 heterocycles. The van der Waals surface area contributed by atoms with E-state index in [2.05, 4.69) is 41.4 Å². The van der Waals surface area contributed by atoms with E-state index in [9.17, 15) is 0 Å². The molecule has 1 aliphatic heterocycles. The van der Waals surface area contributed by atoms with E-state index in [0.717, 1.165) is 63.9 Å². The van der Waals surface area contributed by atoms with Gasteiger partial charge in [-0.05, 0) is 50.1 Å². The molecule has 0 atom stereocenters. The number of amidine groups is 1. The minimum absolute atomic E-state index is 0.719. The molecule has 0 unspecified atom stereocenters. The largest absolute Gasteiger partial charge is 0.494 e. The van der Waals surface area contributed by atoms with Crippen molar-refractivity contribution in [2.24, 2.45) is 10.7 Å². The van der Waals surface area contributed by atoms with E-state index in [0.29, 0.717) is 0 Å². The third-order valence-electron chi connectivity index (χ3n) is 5.41. The standard InChI is InChI=1S/C24H42N4O/c1-2-3-4-5-6-10-21-29-23-13-11-22(12-14-23)24-27-18-20-28(24)19-9-7-8-16-26-17-15-25/h11-14,26H,2-10,15-21,25H2,1H3. The Labute approximate surface area is 178 Å². The fraction of sp³-hybridized carbons (Fsp3) is 0.708. The van der Waals surface area contributed by atoms with Crippen molar-refractivity contribution in [3.63, 3.8) is 0 Å². The lowest BCUT2D eigenvalue weighted by Gasteiger charge is -2.20. The summed E-state index contributed by atoms with van der Waals surface area (Å²) in [4.78, 5) is 7.17. The van der Waals surface area contributed by atoms with Gasteiger partial charge in [0.1, 0.15) is 11.6 Å². The fourth-order valence-electron chi connectivity index (χ4n) is 3.70. The molecule has 0 radical (unpaired) electrons. The van der Waals surface area contributed by atoms with Gasteiger partial charge in [0, 0.05) is 31.7 Å². The fourth-order valence-corrected chi connectivity index (χ4v) is 3.70. The Morgan fingerprint density at radius 3 is 2.52 bits per heavy atom. The van der Waals surface area contributed by atoms with Gasteiger partial charge in [-0.3, -0.25) is 4.99 Å². The lowest BCUT2D eigenvalue weighted by molar-refractivity contribution is 0.304. The molecular formula is C24H42N4O. The number of rotatable bonds is 17. The zero-order valence-corrected chi connectivity index (χ0v) is 18.5. The molecule has 0 amide bonds. The molecule has 3 N–H and O–H groups in total. The van der Waals surface area contributed by atoms with Gasteiger partial charge >= 0.3 is 0 Å². The highest BCUT2D eigenvalue weighted by atomic mass is 16.5. The molecule has 1 aromatic carbocycles. The number of nitrogens with two attached hydrogens (primary N) is 1. The molecule has 29 heavy (non-hydrogen) atoms. The lowest BCUT2D eigenvalue weighted by Crippen LogP contribution is -2.29. The molecule has 0 saturated heterocycles. The number of hydrogen-bond donors (Lipinski definition) is 2. The molecule has 0 fully saturated rings. The summed E-state index contributed by atoms with van der Waals surface area (Å²) in [5.74, 6) is 2.12. The first-order valence-corrected chi connectivity index (χ1v) is 11.8. The maximum absolute atomic E-state index is 5.91. The van der Waals surface area contributed by atoms with E-state index < -0.39 is 0 Å². The van der Waals surface area contributed by atoms with E-state index >= 15 is 0 Å². The van der Waals surface area contributed by atoms with Crippen LogP contribution in [0.4, 0.5) is 0 Å². The van der Waals surface area contributed by atoms with Crippen LogP contribution in [0.1, 0.15) is 70.3 Å². The maximum atomic E-state index is 5.91. The van der Waals surface area contributed by atoms with Crippen LogP contribution in [0.5, 0.6) is 5.75 Å². The first-order valence-electron chi connectivity index (χ1n) is 11.8. The summed E-state index contributed by atoms with van der Waals surface area (Å²) < 4.78 is 5.91. The summed E-state index contributed by atoms with van der Waals surface area (Å²) in [6.45, 7) is 8.81. The van der Waals surface area contributed by atoms with Gasteiger partial charge in [-0.15, -0.1) is 0 Å². The van der Waals surface area contributed by atoms with Crippen LogP contribution in [0.25, 0.3) is 0 Å². The minimum atomic E-state index is 0.719. The average molecular weight is 403 g/mol. The Balaban J connectivity index is 1.64. The second-order valence-corrected chi connectivity index (χ2v) is 7.93. The highest BCUT2D eigenvalue weighted by Crippen LogP contribution is 2.18. The van der Waals surface area contributed by atoms with Gasteiger partial charge in [-0.2, -0.15) is 0 Å². The van der Waals surface area contributed by atoms with Crippen LogP contribution in [0, 0.1) is 0 Å². The molecule has 2 rings (SSSR count). The number of unbranched alkanes of at least 4 members (excludes halogenated alkanes) is 7.